The van der Waals surface area contributed by atoms with Crippen LogP contribution in [0.3, 0.4) is 0 Å². The van der Waals surface area contributed by atoms with Crippen LogP contribution in [-0.4, -0.2) is 31.4 Å². The first kappa shape index (κ1) is 14.9. The number of esters is 1. The number of rotatable bonds is 5. The SMILES string of the molecule is CNC(C)(CSc1ccc2ccccc2c1)C(=O)OC. The van der Waals surface area contributed by atoms with Crippen LogP contribution in [0.1, 0.15) is 6.92 Å². The molecule has 0 aliphatic heterocycles. The fraction of sp³-hybridized carbons (Fsp3) is 0.312. The molecule has 2 rings (SSSR count). The summed E-state index contributed by atoms with van der Waals surface area (Å²) in [6, 6.07) is 14.6. The highest BCUT2D eigenvalue weighted by molar-refractivity contribution is 7.99. The van der Waals surface area contributed by atoms with Gasteiger partial charge < -0.3 is 10.1 Å². The molecule has 20 heavy (non-hydrogen) atoms. The average molecular weight is 289 g/mol. The number of nitrogens with one attached hydrogen (secondary N) is 1. The van der Waals surface area contributed by atoms with E-state index in [0.29, 0.717) is 5.75 Å². The molecule has 0 spiro atoms. The second-order valence-electron chi connectivity index (χ2n) is 4.87. The molecule has 0 aliphatic carbocycles. The fourth-order valence-electron chi connectivity index (χ4n) is 1.94. The fourth-order valence-corrected chi connectivity index (χ4v) is 3.04. The number of ether oxygens (including phenoxy) is 1. The molecule has 2 aromatic carbocycles. The van der Waals surface area contributed by atoms with Gasteiger partial charge in [0.2, 0.25) is 0 Å². The van der Waals surface area contributed by atoms with E-state index >= 15 is 0 Å². The van der Waals surface area contributed by atoms with E-state index in [-0.39, 0.29) is 5.97 Å². The van der Waals surface area contributed by atoms with Crippen LogP contribution in [0.4, 0.5) is 0 Å². The Morgan fingerprint density at radius 1 is 1.25 bits per heavy atom. The van der Waals surface area contributed by atoms with Crippen LogP contribution in [0.2, 0.25) is 0 Å². The third-order valence-electron chi connectivity index (χ3n) is 3.44. The predicted molar refractivity (Wildman–Crippen MR) is 84.2 cm³/mol. The lowest BCUT2D eigenvalue weighted by atomic mass is 10.1. The largest absolute Gasteiger partial charge is 0.468 e. The standard InChI is InChI=1S/C16H19NO2S/c1-16(17-2,15(18)19-3)11-20-14-9-8-12-6-4-5-7-13(12)10-14/h4-10,17H,11H2,1-3H3. The first-order chi connectivity index (χ1) is 9.59. The molecule has 106 valence electrons. The Balaban J connectivity index is 2.14. The molecule has 0 aromatic heterocycles. The Morgan fingerprint density at radius 3 is 2.60 bits per heavy atom. The molecular formula is C16H19NO2S. The van der Waals surface area contributed by atoms with E-state index < -0.39 is 5.54 Å². The highest BCUT2D eigenvalue weighted by Crippen LogP contribution is 2.26. The van der Waals surface area contributed by atoms with E-state index in [9.17, 15) is 4.79 Å². The summed E-state index contributed by atoms with van der Waals surface area (Å²) in [6.07, 6.45) is 0. The third kappa shape index (κ3) is 3.14. The summed E-state index contributed by atoms with van der Waals surface area (Å²) < 4.78 is 4.85. The smallest absolute Gasteiger partial charge is 0.326 e. The normalized spacial score (nSPS) is 13.9. The second-order valence-corrected chi connectivity index (χ2v) is 5.92. The van der Waals surface area contributed by atoms with Gasteiger partial charge in [-0.15, -0.1) is 11.8 Å². The molecule has 0 heterocycles. The number of likely N-dealkylation sites (N-methyl/N-ethyl adjacent to an activating group) is 1. The molecule has 0 radical (unpaired) electrons. The van der Waals surface area contributed by atoms with Crippen LogP contribution in [0.25, 0.3) is 10.8 Å². The molecule has 0 saturated carbocycles. The zero-order valence-corrected chi connectivity index (χ0v) is 12.8. The Kier molecular flexibility index (Phi) is 4.68. The number of hydrogen-bond acceptors (Lipinski definition) is 4. The van der Waals surface area contributed by atoms with Crippen molar-refractivity contribution in [1.29, 1.82) is 0 Å². The van der Waals surface area contributed by atoms with Gasteiger partial charge in [0.25, 0.3) is 0 Å². The van der Waals surface area contributed by atoms with Crippen molar-refractivity contribution in [2.75, 3.05) is 19.9 Å². The van der Waals surface area contributed by atoms with Crippen LogP contribution >= 0.6 is 11.8 Å². The zero-order chi connectivity index (χ0) is 14.6. The maximum absolute atomic E-state index is 11.8. The van der Waals surface area contributed by atoms with E-state index in [4.69, 9.17) is 4.74 Å². The first-order valence-corrected chi connectivity index (χ1v) is 7.46. The number of benzene rings is 2. The summed E-state index contributed by atoms with van der Waals surface area (Å²) in [7, 11) is 3.19. The number of carbonyl (C=O) groups is 1. The van der Waals surface area contributed by atoms with E-state index in [1.807, 2.05) is 19.1 Å². The maximum atomic E-state index is 11.8. The second kappa shape index (κ2) is 6.29. The lowest BCUT2D eigenvalue weighted by molar-refractivity contribution is -0.146. The summed E-state index contributed by atoms with van der Waals surface area (Å²) in [4.78, 5) is 12.9. The van der Waals surface area contributed by atoms with Crippen molar-refractivity contribution >= 4 is 28.5 Å². The van der Waals surface area contributed by atoms with Crippen LogP contribution in [0, 0.1) is 0 Å². The van der Waals surface area contributed by atoms with Crippen molar-refractivity contribution in [2.45, 2.75) is 17.4 Å². The van der Waals surface area contributed by atoms with Gasteiger partial charge in [0.05, 0.1) is 7.11 Å². The third-order valence-corrected chi connectivity index (χ3v) is 4.75. The molecule has 4 heteroatoms. The van der Waals surface area contributed by atoms with Crippen LogP contribution < -0.4 is 5.32 Å². The van der Waals surface area contributed by atoms with E-state index in [2.05, 4.69) is 35.6 Å². The van der Waals surface area contributed by atoms with Gasteiger partial charge in [0.1, 0.15) is 5.54 Å². The summed E-state index contributed by atoms with van der Waals surface area (Å²) in [5.41, 5.74) is -0.676. The van der Waals surface area contributed by atoms with Crippen LogP contribution in [0.15, 0.2) is 47.4 Å². The van der Waals surface area contributed by atoms with Crippen LogP contribution in [-0.2, 0) is 9.53 Å². The van der Waals surface area contributed by atoms with Crippen molar-refractivity contribution < 1.29 is 9.53 Å². The minimum absolute atomic E-state index is 0.242. The molecule has 1 N–H and O–H groups in total. The van der Waals surface area contributed by atoms with Gasteiger partial charge in [-0.25, -0.2) is 0 Å². The van der Waals surface area contributed by atoms with Gasteiger partial charge in [-0.05, 0) is 36.9 Å². The topological polar surface area (TPSA) is 38.3 Å². The first-order valence-electron chi connectivity index (χ1n) is 6.48. The van der Waals surface area contributed by atoms with Gasteiger partial charge in [-0.1, -0.05) is 30.3 Å². The van der Waals surface area contributed by atoms with Gasteiger partial charge in [-0.3, -0.25) is 4.79 Å². The lowest BCUT2D eigenvalue weighted by Gasteiger charge is -2.25. The van der Waals surface area contributed by atoms with Crippen molar-refractivity contribution in [2.24, 2.45) is 0 Å². The molecule has 1 unspecified atom stereocenters. The number of hydrogen-bond donors (Lipinski definition) is 1. The highest BCUT2D eigenvalue weighted by atomic mass is 32.2. The van der Waals surface area contributed by atoms with Crippen molar-refractivity contribution in [3.63, 3.8) is 0 Å². The molecule has 0 saturated heterocycles. The number of fused-ring (bicyclic) bond motifs is 1. The molecular weight excluding hydrogens is 270 g/mol. The Bertz CT molecular complexity index is 614. The molecule has 0 amide bonds. The minimum atomic E-state index is -0.676. The predicted octanol–water partition coefficient (Wildman–Crippen LogP) is 3.08. The zero-order valence-electron chi connectivity index (χ0n) is 12.0. The average Bonchev–Trinajstić information content (AvgIpc) is 2.51. The summed E-state index contributed by atoms with van der Waals surface area (Å²) in [6.45, 7) is 1.85. The highest BCUT2D eigenvalue weighted by Gasteiger charge is 2.32. The maximum Gasteiger partial charge on any atom is 0.326 e. The number of carbonyl (C=O) groups excluding carboxylic acids is 1. The molecule has 2 aromatic rings. The van der Waals surface area contributed by atoms with E-state index in [1.54, 1.807) is 18.8 Å². The number of thioether (sulfide) groups is 1. The lowest BCUT2D eigenvalue weighted by Crippen LogP contribution is -2.50. The Labute approximate surface area is 123 Å². The number of methoxy groups -OCH3 is 1. The van der Waals surface area contributed by atoms with Gasteiger partial charge in [0, 0.05) is 10.6 Å². The van der Waals surface area contributed by atoms with Crippen LogP contribution in [0.5, 0.6) is 0 Å². The van der Waals surface area contributed by atoms with E-state index in [1.165, 1.54) is 17.9 Å². The van der Waals surface area contributed by atoms with Gasteiger partial charge in [0.15, 0.2) is 0 Å². The Morgan fingerprint density at radius 2 is 1.95 bits per heavy atom. The molecule has 0 aliphatic rings. The quantitative estimate of drug-likeness (QED) is 0.678. The molecule has 0 bridgehead atoms. The van der Waals surface area contributed by atoms with Gasteiger partial charge >= 0.3 is 5.97 Å². The summed E-state index contributed by atoms with van der Waals surface area (Å²) in [5, 5.41) is 5.47. The minimum Gasteiger partial charge on any atom is -0.468 e. The van der Waals surface area contributed by atoms with Crippen molar-refractivity contribution in [3.8, 4) is 0 Å². The molecule has 3 nitrogen and oxygen atoms in total. The molecule has 1 atom stereocenters. The summed E-state index contributed by atoms with van der Waals surface area (Å²) >= 11 is 1.65. The van der Waals surface area contributed by atoms with E-state index in [0.717, 1.165) is 4.90 Å². The summed E-state index contributed by atoms with van der Waals surface area (Å²) in [5.74, 6) is 0.377. The monoisotopic (exact) mass is 289 g/mol. The molecule has 0 fully saturated rings. The van der Waals surface area contributed by atoms with Crippen molar-refractivity contribution in [3.05, 3.63) is 42.5 Å². The van der Waals surface area contributed by atoms with Crippen molar-refractivity contribution in [1.82, 2.24) is 5.32 Å². The van der Waals surface area contributed by atoms with Gasteiger partial charge in [-0.2, -0.15) is 0 Å². The Hall–Kier alpha value is -1.52.